The van der Waals surface area contributed by atoms with Crippen molar-refractivity contribution >= 4 is 44.9 Å². The zero-order chi connectivity index (χ0) is 21.1. The molecule has 6 nitrogen and oxygen atoms in total. The van der Waals surface area contributed by atoms with Gasteiger partial charge >= 0.3 is 0 Å². The van der Waals surface area contributed by atoms with Crippen LogP contribution in [0.25, 0.3) is 26.9 Å². The number of hydrogen-bond acceptors (Lipinski definition) is 5. The lowest BCUT2D eigenvalue weighted by Crippen LogP contribution is -2.08. The van der Waals surface area contributed by atoms with E-state index in [9.17, 15) is 14.9 Å². The van der Waals surface area contributed by atoms with E-state index < -0.39 is 4.92 Å². The second-order valence-corrected chi connectivity index (χ2v) is 7.72. The number of anilines is 1. The van der Waals surface area contributed by atoms with E-state index in [4.69, 9.17) is 0 Å². The standard InChI is InChI=1S/C23H17N3O3S/c1-15-13-17(23-25-20-7-2-3-8-21(20)30-23)10-11-19(15)24-22(27)12-9-16-5-4-6-18(14-16)26(28)29/h2-14H,1H3,(H,24,27)/b12-9+. The Morgan fingerprint density at radius 2 is 1.93 bits per heavy atom. The molecular weight excluding hydrogens is 398 g/mol. The number of nitrogens with zero attached hydrogens (tertiary/aromatic N) is 2. The number of nitro benzene ring substituents is 1. The van der Waals surface area contributed by atoms with Gasteiger partial charge in [-0.25, -0.2) is 4.98 Å². The molecule has 1 aromatic heterocycles. The van der Waals surface area contributed by atoms with Crippen LogP contribution in [-0.4, -0.2) is 15.8 Å². The second kappa shape index (κ2) is 8.26. The van der Waals surface area contributed by atoms with Crippen molar-refractivity contribution in [2.75, 3.05) is 5.32 Å². The van der Waals surface area contributed by atoms with E-state index >= 15 is 0 Å². The first-order valence-corrected chi connectivity index (χ1v) is 10.0. The maximum absolute atomic E-state index is 12.3. The van der Waals surface area contributed by atoms with Gasteiger partial charge in [-0.2, -0.15) is 0 Å². The summed E-state index contributed by atoms with van der Waals surface area (Å²) in [5.74, 6) is -0.308. The van der Waals surface area contributed by atoms with E-state index in [-0.39, 0.29) is 11.6 Å². The molecule has 7 heteroatoms. The highest BCUT2D eigenvalue weighted by molar-refractivity contribution is 7.21. The van der Waals surface area contributed by atoms with Gasteiger partial charge in [0.1, 0.15) is 5.01 Å². The Morgan fingerprint density at radius 1 is 1.10 bits per heavy atom. The number of thiazole rings is 1. The molecule has 1 N–H and O–H groups in total. The fraction of sp³-hybridized carbons (Fsp3) is 0.0435. The van der Waals surface area contributed by atoms with E-state index in [1.54, 1.807) is 29.5 Å². The normalized spacial score (nSPS) is 11.1. The molecule has 0 saturated carbocycles. The maximum Gasteiger partial charge on any atom is 0.270 e. The van der Waals surface area contributed by atoms with Gasteiger partial charge < -0.3 is 5.32 Å². The van der Waals surface area contributed by atoms with Crippen LogP contribution in [0, 0.1) is 17.0 Å². The van der Waals surface area contributed by atoms with Gasteiger partial charge in [0.15, 0.2) is 0 Å². The molecule has 30 heavy (non-hydrogen) atoms. The third-order valence-corrected chi connectivity index (χ3v) is 5.62. The third kappa shape index (κ3) is 4.26. The molecule has 0 spiro atoms. The van der Waals surface area contributed by atoms with Crippen LogP contribution in [0.4, 0.5) is 11.4 Å². The summed E-state index contributed by atoms with van der Waals surface area (Å²) in [7, 11) is 0. The molecule has 0 aliphatic carbocycles. The van der Waals surface area contributed by atoms with E-state index in [1.807, 2.05) is 49.4 Å². The summed E-state index contributed by atoms with van der Waals surface area (Å²) in [6.07, 6.45) is 2.91. The number of amides is 1. The summed E-state index contributed by atoms with van der Waals surface area (Å²) >= 11 is 1.63. The summed E-state index contributed by atoms with van der Waals surface area (Å²) in [6.45, 7) is 1.93. The quantitative estimate of drug-likeness (QED) is 0.252. The Kier molecular flexibility index (Phi) is 5.36. The summed E-state index contributed by atoms with van der Waals surface area (Å²) in [6, 6.07) is 19.9. The smallest absolute Gasteiger partial charge is 0.270 e. The van der Waals surface area contributed by atoms with Crippen molar-refractivity contribution in [1.29, 1.82) is 0 Å². The molecule has 0 fully saturated rings. The average Bonchev–Trinajstić information content (AvgIpc) is 3.18. The number of nitrogens with one attached hydrogen (secondary N) is 1. The number of nitro groups is 1. The largest absolute Gasteiger partial charge is 0.322 e. The highest BCUT2D eigenvalue weighted by Gasteiger charge is 2.09. The van der Waals surface area contributed by atoms with Gasteiger partial charge in [0.2, 0.25) is 5.91 Å². The molecule has 4 rings (SSSR count). The third-order valence-electron chi connectivity index (χ3n) is 4.53. The van der Waals surface area contributed by atoms with Crippen molar-refractivity contribution in [3.05, 3.63) is 94.0 Å². The Balaban J connectivity index is 1.49. The Labute approximate surface area is 176 Å². The van der Waals surface area contributed by atoms with Gasteiger partial charge in [-0.3, -0.25) is 14.9 Å². The first-order chi connectivity index (χ1) is 14.5. The van der Waals surface area contributed by atoms with Crippen LogP contribution in [0.1, 0.15) is 11.1 Å². The summed E-state index contributed by atoms with van der Waals surface area (Å²) in [4.78, 5) is 27.3. The molecule has 148 valence electrons. The van der Waals surface area contributed by atoms with Crippen molar-refractivity contribution in [3.8, 4) is 10.6 Å². The number of non-ortho nitro benzene ring substituents is 1. The highest BCUT2D eigenvalue weighted by atomic mass is 32.1. The fourth-order valence-electron chi connectivity index (χ4n) is 3.02. The van der Waals surface area contributed by atoms with Crippen LogP contribution >= 0.6 is 11.3 Å². The van der Waals surface area contributed by atoms with Crippen molar-refractivity contribution < 1.29 is 9.72 Å². The second-order valence-electron chi connectivity index (χ2n) is 6.69. The Morgan fingerprint density at radius 3 is 2.70 bits per heavy atom. The summed E-state index contributed by atoms with van der Waals surface area (Å²) in [5, 5.41) is 14.6. The number of fused-ring (bicyclic) bond motifs is 1. The number of rotatable bonds is 5. The zero-order valence-corrected chi connectivity index (χ0v) is 16.8. The Bertz CT molecular complexity index is 1260. The molecular formula is C23H17N3O3S. The number of aryl methyl sites for hydroxylation is 1. The van der Waals surface area contributed by atoms with Gasteiger partial charge in [0, 0.05) is 29.5 Å². The van der Waals surface area contributed by atoms with Gasteiger partial charge in [0.25, 0.3) is 5.69 Å². The van der Waals surface area contributed by atoms with Crippen molar-refractivity contribution in [2.45, 2.75) is 6.92 Å². The van der Waals surface area contributed by atoms with Crippen molar-refractivity contribution in [3.63, 3.8) is 0 Å². The lowest BCUT2D eigenvalue weighted by Gasteiger charge is -2.08. The van der Waals surface area contributed by atoms with E-state index in [2.05, 4.69) is 10.3 Å². The fourth-order valence-corrected chi connectivity index (χ4v) is 3.98. The minimum atomic E-state index is -0.465. The molecule has 0 saturated heterocycles. The molecule has 0 radical (unpaired) electrons. The molecule has 3 aromatic carbocycles. The first-order valence-electron chi connectivity index (χ1n) is 9.20. The van der Waals surface area contributed by atoms with Gasteiger partial charge in [-0.15, -0.1) is 11.3 Å². The monoisotopic (exact) mass is 415 g/mol. The van der Waals surface area contributed by atoms with Crippen LogP contribution in [0.3, 0.4) is 0 Å². The van der Waals surface area contributed by atoms with Gasteiger partial charge in [0.05, 0.1) is 15.1 Å². The van der Waals surface area contributed by atoms with E-state index in [0.717, 1.165) is 26.4 Å². The SMILES string of the molecule is Cc1cc(-c2nc3ccccc3s2)ccc1NC(=O)/C=C/c1cccc([N+](=O)[O-])c1. The van der Waals surface area contributed by atoms with Crippen molar-refractivity contribution in [1.82, 2.24) is 4.98 Å². The average molecular weight is 415 g/mol. The van der Waals surface area contributed by atoms with Crippen LogP contribution in [0.5, 0.6) is 0 Å². The van der Waals surface area contributed by atoms with Crippen LogP contribution < -0.4 is 5.32 Å². The molecule has 4 aromatic rings. The van der Waals surface area contributed by atoms with E-state index in [0.29, 0.717) is 11.3 Å². The zero-order valence-electron chi connectivity index (χ0n) is 16.0. The van der Waals surface area contributed by atoms with Crippen LogP contribution in [0.2, 0.25) is 0 Å². The topological polar surface area (TPSA) is 85.1 Å². The van der Waals surface area contributed by atoms with Crippen molar-refractivity contribution in [2.24, 2.45) is 0 Å². The van der Waals surface area contributed by atoms with Gasteiger partial charge in [-0.05, 0) is 54.5 Å². The predicted octanol–water partition coefficient (Wildman–Crippen LogP) is 5.83. The number of para-hydroxylation sites is 1. The number of hydrogen-bond donors (Lipinski definition) is 1. The lowest BCUT2D eigenvalue weighted by atomic mass is 10.1. The molecule has 0 aliphatic heterocycles. The first kappa shape index (κ1) is 19.5. The summed E-state index contributed by atoms with van der Waals surface area (Å²) in [5.41, 5.74) is 4.16. The number of carbonyl (C=O) groups excluding carboxylic acids is 1. The minimum absolute atomic E-state index is 0.0150. The number of benzene rings is 3. The molecule has 0 atom stereocenters. The van der Waals surface area contributed by atoms with Crippen LogP contribution in [-0.2, 0) is 4.79 Å². The molecule has 0 aliphatic rings. The van der Waals surface area contributed by atoms with E-state index in [1.165, 1.54) is 18.2 Å². The summed E-state index contributed by atoms with van der Waals surface area (Å²) < 4.78 is 1.13. The predicted molar refractivity (Wildman–Crippen MR) is 121 cm³/mol. The number of aromatic nitrogens is 1. The highest BCUT2D eigenvalue weighted by Crippen LogP contribution is 2.31. The van der Waals surface area contributed by atoms with Gasteiger partial charge in [-0.1, -0.05) is 24.3 Å². The lowest BCUT2D eigenvalue weighted by molar-refractivity contribution is -0.384. The maximum atomic E-state index is 12.3. The molecule has 1 heterocycles. The minimum Gasteiger partial charge on any atom is -0.322 e. The molecule has 0 unspecified atom stereocenters. The van der Waals surface area contributed by atoms with Crippen LogP contribution in [0.15, 0.2) is 72.8 Å². The molecule has 1 amide bonds. The molecule has 0 bridgehead atoms. The Hall–Kier alpha value is -3.84. The number of carbonyl (C=O) groups is 1.